The lowest BCUT2D eigenvalue weighted by molar-refractivity contribution is 0.340. The van der Waals surface area contributed by atoms with Crippen molar-refractivity contribution in [3.8, 4) is 0 Å². The predicted molar refractivity (Wildman–Crippen MR) is 58.9 cm³/mol. The molecule has 1 aromatic rings. The van der Waals surface area contributed by atoms with E-state index in [9.17, 15) is 0 Å². The molecule has 2 rings (SSSR count). The van der Waals surface area contributed by atoms with Gasteiger partial charge in [0.15, 0.2) is 5.82 Å². The minimum Gasteiger partial charge on any atom is -0.338 e. The Balaban J connectivity index is 0.00000112. The van der Waals surface area contributed by atoms with Crippen LogP contribution in [0.5, 0.6) is 0 Å². The van der Waals surface area contributed by atoms with Crippen molar-refractivity contribution in [2.45, 2.75) is 38.3 Å². The molecule has 0 radical (unpaired) electrons. The zero-order chi connectivity index (χ0) is 9.97. The topological polar surface area (TPSA) is 77.0 Å². The van der Waals surface area contributed by atoms with Gasteiger partial charge < -0.3 is 15.6 Å². The molecule has 1 fully saturated rings. The van der Waals surface area contributed by atoms with E-state index in [1.54, 1.807) is 0 Å². The van der Waals surface area contributed by atoms with Crippen LogP contribution in [-0.2, 0) is 6.42 Å². The maximum absolute atomic E-state index is 5.65. The third-order valence-corrected chi connectivity index (χ3v) is 2.35. The van der Waals surface area contributed by atoms with E-state index in [1.165, 1.54) is 6.42 Å². The zero-order valence-corrected chi connectivity index (χ0v) is 9.59. The second-order valence-corrected chi connectivity index (χ2v) is 3.88. The fourth-order valence-corrected chi connectivity index (χ4v) is 1.68. The monoisotopic (exact) mass is 232 g/mol. The van der Waals surface area contributed by atoms with Crippen LogP contribution in [0, 0.1) is 0 Å². The Morgan fingerprint density at radius 2 is 2.47 bits per heavy atom. The Morgan fingerprint density at radius 1 is 1.67 bits per heavy atom. The lowest BCUT2D eigenvalue weighted by Gasteiger charge is -2.01. The molecular formula is C9H17ClN4O. The summed E-state index contributed by atoms with van der Waals surface area (Å²) < 4.78 is 5.17. The first kappa shape index (κ1) is 12.4. The lowest BCUT2D eigenvalue weighted by atomic mass is 10.2. The molecule has 1 aliphatic heterocycles. The smallest absolute Gasteiger partial charge is 0.243 e. The Kier molecular flexibility index (Phi) is 4.50. The molecule has 0 saturated carbocycles. The Hall–Kier alpha value is -0.650. The molecule has 5 nitrogen and oxygen atoms in total. The second-order valence-electron chi connectivity index (χ2n) is 3.88. The van der Waals surface area contributed by atoms with Crippen molar-refractivity contribution in [2.24, 2.45) is 5.73 Å². The average Bonchev–Trinajstić information content (AvgIpc) is 2.69. The van der Waals surface area contributed by atoms with E-state index in [0.29, 0.717) is 18.1 Å². The molecule has 1 aliphatic rings. The first-order valence-electron chi connectivity index (χ1n) is 5.07. The van der Waals surface area contributed by atoms with Crippen molar-refractivity contribution in [3.05, 3.63) is 11.7 Å². The van der Waals surface area contributed by atoms with Crippen LogP contribution in [0.3, 0.4) is 0 Å². The van der Waals surface area contributed by atoms with E-state index in [2.05, 4.69) is 15.5 Å². The molecule has 2 heterocycles. The highest BCUT2D eigenvalue weighted by Gasteiger charge is 2.22. The van der Waals surface area contributed by atoms with Crippen LogP contribution in [-0.4, -0.2) is 22.7 Å². The highest BCUT2D eigenvalue weighted by atomic mass is 35.5. The van der Waals surface area contributed by atoms with Crippen LogP contribution in [0.1, 0.15) is 37.5 Å². The summed E-state index contributed by atoms with van der Waals surface area (Å²) in [5.41, 5.74) is 5.65. The molecule has 0 aliphatic carbocycles. The number of nitrogens with one attached hydrogen (secondary N) is 1. The number of hydrogen-bond acceptors (Lipinski definition) is 5. The SMILES string of the molecule is CC(N)Cc1noc([C@@H]2CCCN2)n1.Cl. The van der Waals surface area contributed by atoms with E-state index in [1.807, 2.05) is 6.92 Å². The van der Waals surface area contributed by atoms with Gasteiger partial charge in [-0.15, -0.1) is 12.4 Å². The van der Waals surface area contributed by atoms with Crippen molar-refractivity contribution in [3.63, 3.8) is 0 Å². The molecule has 0 spiro atoms. The van der Waals surface area contributed by atoms with Crippen molar-refractivity contribution >= 4 is 12.4 Å². The number of nitrogens with zero attached hydrogens (tertiary/aromatic N) is 2. The maximum Gasteiger partial charge on any atom is 0.243 e. The van der Waals surface area contributed by atoms with Crippen LogP contribution < -0.4 is 11.1 Å². The molecule has 1 unspecified atom stereocenters. The third-order valence-electron chi connectivity index (χ3n) is 2.35. The highest BCUT2D eigenvalue weighted by Crippen LogP contribution is 2.21. The zero-order valence-electron chi connectivity index (χ0n) is 8.77. The molecule has 2 atom stereocenters. The van der Waals surface area contributed by atoms with Crippen LogP contribution in [0.4, 0.5) is 0 Å². The van der Waals surface area contributed by atoms with Crippen LogP contribution >= 0.6 is 12.4 Å². The molecule has 15 heavy (non-hydrogen) atoms. The summed E-state index contributed by atoms with van der Waals surface area (Å²) in [4.78, 5) is 4.31. The van der Waals surface area contributed by atoms with Gasteiger partial charge in [-0.25, -0.2) is 0 Å². The van der Waals surface area contributed by atoms with E-state index >= 15 is 0 Å². The van der Waals surface area contributed by atoms with Gasteiger partial charge in [0.2, 0.25) is 5.89 Å². The van der Waals surface area contributed by atoms with E-state index in [-0.39, 0.29) is 24.5 Å². The summed E-state index contributed by atoms with van der Waals surface area (Å²) in [6.07, 6.45) is 2.94. The average molecular weight is 233 g/mol. The molecule has 0 amide bonds. The molecule has 86 valence electrons. The molecule has 3 N–H and O–H groups in total. The summed E-state index contributed by atoms with van der Waals surface area (Å²) in [5, 5.41) is 7.21. The van der Waals surface area contributed by atoms with Crippen molar-refractivity contribution in [2.75, 3.05) is 6.54 Å². The van der Waals surface area contributed by atoms with Crippen LogP contribution in [0.15, 0.2) is 4.52 Å². The first-order chi connectivity index (χ1) is 6.75. The first-order valence-corrected chi connectivity index (χ1v) is 5.07. The Bertz CT molecular complexity index is 296. The standard InChI is InChI=1S/C9H16N4O.ClH/c1-6(10)5-8-12-9(14-13-8)7-3-2-4-11-7;/h6-7,11H,2-5,10H2,1H3;1H/t6?,7-;/m0./s1. The maximum atomic E-state index is 5.65. The van der Waals surface area contributed by atoms with Gasteiger partial charge >= 0.3 is 0 Å². The number of nitrogens with two attached hydrogens (primary N) is 1. The Morgan fingerprint density at radius 3 is 3.07 bits per heavy atom. The molecule has 1 aromatic heterocycles. The van der Waals surface area contributed by atoms with E-state index in [0.717, 1.165) is 13.0 Å². The van der Waals surface area contributed by atoms with Crippen LogP contribution in [0.2, 0.25) is 0 Å². The van der Waals surface area contributed by atoms with Gasteiger partial charge in [0.05, 0.1) is 6.04 Å². The molecule has 0 aromatic carbocycles. The summed E-state index contributed by atoms with van der Waals surface area (Å²) in [6, 6.07) is 0.335. The summed E-state index contributed by atoms with van der Waals surface area (Å²) in [5.74, 6) is 1.42. The van der Waals surface area contributed by atoms with E-state index < -0.39 is 0 Å². The van der Waals surface area contributed by atoms with Gasteiger partial charge in [0.25, 0.3) is 0 Å². The van der Waals surface area contributed by atoms with Crippen molar-refractivity contribution in [1.29, 1.82) is 0 Å². The largest absolute Gasteiger partial charge is 0.338 e. The predicted octanol–water partition coefficient (Wildman–Crippen LogP) is 0.806. The van der Waals surface area contributed by atoms with Gasteiger partial charge in [-0.3, -0.25) is 0 Å². The Labute approximate surface area is 95.2 Å². The highest BCUT2D eigenvalue weighted by molar-refractivity contribution is 5.85. The third kappa shape index (κ3) is 3.15. The summed E-state index contributed by atoms with van der Waals surface area (Å²) >= 11 is 0. The second kappa shape index (κ2) is 5.44. The molecule has 0 bridgehead atoms. The fourth-order valence-electron chi connectivity index (χ4n) is 1.68. The summed E-state index contributed by atoms with van der Waals surface area (Å²) in [6.45, 7) is 2.97. The fraction of sp³-hybridized carbons (Fsp3) is 0.778. The van der Waals surface area contributed by atoms with E-state index in [4.69, 9.17) is 10.3 Å². The summed E-state index contributed by atoms with van der Waals surface area (Å²) in [7, 11) is 0. The van der Waals surface area contributed by atoms with Gasteiger partial charge in [0.1, 0.15) is 0 Å². The minimum atomic E-state index is 0. The normalized spacial score (nSPS) is 22.4. The number of halogens is 1. The van der Waals surface area contributed by atoms with Gasteiger partial charge in [0, 0.05) is 12.5 Å². The number of hydrogen-bond donors (Lipinski definition) is 2. The minimum absolute atomic E-state index is 0. The van der Waals surface area contributed by atoms with Crippen molar-refractivity contribution in [1.82, 2.24) is 15.5 Å². The molecular weight excluding hydrogens is 216 g/mol. The van der Waals surface area contributed by atoms with Gasteiger partial charge in [-0.2, -0.15) is 4.98 Å². The molecule has 6 heteroatoms. The van der Waals surface area contributed by atoms with Crippen LogP contribution in [0.25, 0.3) is 0 Å². The lowest BCUT2D eigenvalue weighted by Crippen LogP contribution is -2.18. The van der Waals surface area contributed by atoms with Gasteiger partial charge in [-0.1, -0.05) is 5.16 Å². The number of aromatic nitrogens is 2. The van der Waals surface area contributed by atoms with Crippen molar-refractivity contribution < 1.29 is 4.52 Å². The quantitative estimate of drug-likeness (QED) is 0.807. The molecule has 1 saturated heterocycles. The number of rotatable bonds is 3. The van der Waals surface area contributed by atoms with Gasteiger partial charge in [-0.05, 0) is 26.3 Å².